The molecule has 1 aliphatic rings. The molecule has 2 aromatic carbocycles. The van der Waals surface area contributed by atoms with E-state index >= 15 is 0 Å². The van der Waals surface area contributed by atoms with Gasteiger partial charge in [-0.1, -0.05) is 67.1 Å². The number of benzene rings is 2. The Morgan fingerprint density at radius 1 is 1.08 bits per heavy atom. The van der Waals surface area contributed by atoms with Gasteiger partial charge < -0.3 is 10.4 Å². The molecule has 0 heterocycles. The number of rotatable bonds is 6. The van der Waals surface area contributed by atoms with E-state index in [2.05, 4.69) is 5.32 Å². The predicted molar refractivity (Wildman–Crippen MR) is 95.7 cm³/mol. The van der Waals surface area contributed by atoms with E-state index in [4.69, 9.17) is 0 Å². The van der Waals surface area contributed by atoms with Gasteiger partial charge in [0.2, 0.25) is 5.91 Å². The van der Waals surface area contributed by atoms with Crippen LogP contribution in [0, 0.1) is 0 Å². The Kier molecular flexibility index (Phi) is 5.00. The summed E-state index contributed by atoms with van der Waals surface area (Å²) in [5.74, 6) is 0.0413. The summed E-state index contributed by atoms with van der Waals surface area (Å²) in [6.45, 7) is 1.88. The molecule has 2 N–H and O–H groups in total. The summed E-state index contributed by atoms with van der Waals surface area (Å²) in [5.41, 5.74) is 1.74. The zero-order valence-electron chi connectivity index (χ0n) is 14.1. The van der Waals surface area contributed by atoms with Crippen LogP contribution in [0.25, 0.3) is 0 Å². The fourth-order valence-electron chi connectivity index (χ4n) is 3.41. The Hall–Kier alpha value is -2.13. The Balaban J connectivity index is 1.65. The molecule has 2 aromatic rings. The molecular formula is C21H25NO2. The van der Waals surface area contributed by atoms with Gasteiger partial charge in [-0.3, -0.25) is 4.79 Å². The van der Waals surface area contributed by atoms with E-state index in [1.165, 1.54) is 0 Å². The molecule has 3 rings (SSSR count). The third-order valence-corrected chi connectivity index (χ3v) is 5.19. The maximum absolute atomic E-state index is 12.9. The van der Waals surface area contributed by atoms with Gasteiger partial charge in [0.05, 0.1) is 17.6 Å². The first kappa shape index (κ1) is 16.7. The first-order valence-corrected chi connectivity index (χ1v) is 8.70. The molecule has 1 amide bonds. The summed E-state index contributed by atoms with van der Waals surface area (Å²) in [4.78, 5) is 12.9. The van der Waals surface area contributed by atoms with E-state index < -0.39 is 11.5 Å². The van der Waals surface area contributed by atoms with Crippen LogP contribution in [-0.2, 0) is 16.6 Å². The van der Waals surface area contributed by atoms with Crippen LogP contribution in [0.1, 0.15) is 37.3 Å². The smallest absolute Gasteiger partial charge is 0.230 e. The molecule has 1 aliphatic carbocycles. The van der Waals surface area contributed by atoms with Crippen LogP contribution >= 0.6 is 0 Å². The highest BCUT2D eigenvalue weighted by molar-refractivity contribution is 5.89. The van der Waals surface area contributed by atoms with Crippen LogP contribution in [0.15, 0.2) is 60.7 Å². The predicted octanol–water partition coefficient (Wildman–Crippen LogP) is 3.22. The number of hydrogen-bond acceptors (Lipinski definition) is 2. The van der Waals surface area contributed by atoms with E-state index in [0.29, 0.717) is 6.42 Å². The van der Waals surface area contributed by atoms with Crippen LogP contribution in [0.3, 0.4) is 0 Å². The number of carbonyl (C=O) groups is 1. The third-order valence-electron chi connectivity index (χ3n) is 5.19. The normalized spacial score (nSPS) is 18.2. The topological polar surface area (TPSA) is 49.3 Å². The highest BCUT2D eigenvalue weighted by Crippen LogP contribution is 2.44. The molecule has 0 saturated heterocycles. The first-order chi connectivity index (χ1) is 11.6. The average molecular weight is 323 g/mol. The minimum absolute atomic E-state index is 0.0413. The van der Waals surface area contributed by atoms with Gasteiger partial charge in [-0.15, -0.1) is 0 Å². The molecule has 126 valence electrons. The lowest BCUT2D eigenvalue weighted by molar-refractivity contribution is -0.131. The standard InChI is InChI=1S/C21H25NO2/c1-16(19(23)15-17-9-4-2-5-10-17)22-20(24)21(13-8-14-21)18-11-6-3-7-12-18/h2-7,9-12,16,19,23H,8,13-15H2,1H3,(H,22,24). The summed E-state index contributed by atoms with van der Waals surface area (Å²) in [6.07, 6.45) is 2.78. The highest BCUT2D eigenvalue weighted by atomic mass is 16.3. The highest BCUT2D eigenvalue weighted by Gasteiger charge is 2.46. The fourth-order valence-corrected chi connectivity index (χ4v) is 3.41. The molecular weight excluding hydrogens is 298 g/mol. The second kappa shape index (κ2) is 7.18. The van der Waals surface area contributed by atoms with Crippen LogP contribution in [0.4, 0.5) is 0 Å². The van der Waals surface area contributed by atoms with Gasteiger partial charge in [-0.2, -0.15) is 0 Å². The summed E-state index contributed by atoms with van der Waals surface area (Å²) >= 11 is 0. The van der Waals surface area contributed by atoms with E-state index in [1.54, 1.807) is 0 Å². The summed E-state index contributed by atoms with van der Waals surface area (Å²) in [5, 5.41) is 13.5. The van der Waals surface area contributed by atoms with Gasteiger partial charge in [-0.25, -0.2) is 0 Å². The molecule has 1 fully saturated rings. The molecule has 2 atom stereocenters. The quantitative estimate of drug-likeness (QED) is 0.857. The third kappa shape index (κ3) is 3.36. The van der Waals surface area contributed by atoms with Gasteiger partial charge in [-0.05, 0) is 30.9 Å². The molecule has 0 radical (unpaired) electrons. The molecule has 0 aromatic heterocycles. The lowest BCUT2D eigenvalue weighted by Gasteiger charge is -2.41. The summed E-state index contributed by atoms with van der Waals surface area (Å²) < 4.78 is 0. The minimum Gasteiger partial charge on any atom is -0.391 e. The summed E-state index contributed by atoms with van der Waals surface area (Å²) in [6, 6.07) is 19.6. The first-order valence-electron chi connectivity index (χ1n) is 8.70. The second-order valence-corrected chi connectivity index (χ2v) is 6.82. The lowest BCUT2D eigenvalue weighted by atomic mass is 9.63. The lowest BCUT2D eigenvalue weighted by Crippen LogP contribution is -2.54. The number of hydrogen-bond donors (Lipinski definition) is 2. The zero-order valence-corrected chi connectivity index (χ0v) is 14.1. The average Bonchev–Trinajstić information content (AvgIpc) is 2.55. The number of carbonyl (C=O) groups excluding carboxylic acids is 1. The van der Waals surface area contributed by atoms with Crippen molar-refractivity contribution in [1.82, 2.24) is 5.32 Å². The van der Waals surface area contributed by atoms with E-state index in [9.17, 15) is 9.90 Å². The van der Waals surface area contributed by atoms with Gasteiger partial charge in [0.15, 0.2) is 0 Å². The van der Waals surface area contributed by atoms with Crippen molar-refractivity contribution in [2.24, 2.45) is 0 Å². The molecule has 0 bridgehead atoms. The van der Waals surface area contributed by atoms with Crippen LogP contribution < -0.4 is 5.32 Å². The largest absolute Gasteiger partial charge is 0.391 e. The molecule has 0 aliphatic heterocycles. The Labute approximate surface area is 143 Å². The summed E-state index contributed by atoms with van der Waals surface area (Å²) in [7, 11) is 0. The van der Waals surface area contributed by atoms with Crippen LogP contribution in [0.5, 0.6) is 0 Å². The van der Waals surface area contributed by atoms with Crippen LogP contribution in [0.2, 0.25) is 0 Å². The van der Waals surface area contributed by atoms with Gasteiger partial charge in [0.25, 0.3) is 0 Å². The number of amides is 1. The number of aliphatic hydroxyl groups is 1. The van der Waals surface area contributed by atoms with Crippen molar-refractivity contribution in [3.05, 3.63) is 71.8 Å². The molecule has 3 heteroatoms. The maximum atomic E-state index is 12.9. The van der Waals surface area contributed by atoms with Crippen molar-refractivity contribution in [1.29, 1.82) is 0 Å². The van der Waals surface area contributed by atoms with Crippen molar-refractivity contribution in [3.63, 3.8) is 0 Å². The maximum Gasteiger partial charge on any atom is 0.230 e. The van der Waals surface area contributed by atoms with E-state index in [1.807, 2.05) is 67.6 Å². The SMILES string of the molecule is CC(NC(=O)C1(c2ccccc2)CCC1)C(O)Cc1ccccc1. The number of aliphatic hydroxyl groups excluding tert-OH is 1. The Morgan fingerprint density at radius 2 is 1.67 bits per heavy atom. The van der Waals surface area contributed by atoms with E-state index in [-0.39, 0.29) is 11.9 Å². The number of nitrogens with one attached hydrogen (secondary N) is 1. The van der Waals surface area contributed by atoms with Crippen molar-refractivity contribution >= 4 is 5.91 Å². The Morgan fingerprint density at radius 3 is 2.21 bits per heavy atom. The van der Waals surface area contributed by atoms with Crippen molar-refractivity contribution in [3.8, 4) is 0 Å². The van der Waals surface area contributed by atoms with Gasteiger partial charge >= 0.3 is 0 Å². The molecule has 1 saturated carbocycles. The molecule has 2 unspecified atom stereocenters. The van der Waals surface area contributed by atoms with Crippen molar-refractivity contribution in [2.45, 2.75) is 50.2 Å². The minimum atomic E-state index is -0.593. The zero-order chi connectivity index (χ0) is 17.0. The monoisotopic (exact) mass is 323 g/mol. The van der Waals surface area contributed by atoms with Crippen molar-refractivity contribution < 1.29 is 9.90 Å². The Bertz CT molecular complexity index is 665. The second-order valence-electron chi connectivity index (χ2n) is 6.82. The van der Waals surface area contributed by atoms with Crippen molar-refractivity contribution in [2.75, 3.05) is 0 Å². The van der Waals surface area contributed by atoms with E-state index in [0.717, 1.165) is 30.4 Å². The molecule has 3 nitrogen and oxygen atoms in total. The molecule has 24 heavy (non-hydrogen) atoms. The fraction of sp³-hybridized carbons (Fsp3) is 0.381. The van der Waals surface area contributed by atoms with Crippen LogP contribution in [-0.4, -0.2) is 23.2 Å². The van der Waals surface area contributed by atoms with Gasteiger partial charge in [0.1, 0.15) is 0 Å². The van der Waals surface area contributed by atoms with Gasteiger partial charge in [0, 0.05) is 6.42 Å². The molecule has 0 spiro atoms.